The Balaban J connectivity index is 1.53. The summed E-state index contributed by atoms with van der Waals surface area (Å²) in [7, 11) is 0. The molecule has 0 radical (unpaired) electrons. The summed E-state index contributed by atoms with van der Waals surface area (Å²) in [4.78, 5) is 28.3. The second-order valence-corrected chi connectivity index (χ2v) is 7.16. The van der Waals surface area contributed by atoms with Crippen molar-refractivity contribution in [2.45, 2.75) is 38.5 Å². The minimum Gasteiger partial charge on any atom is -0.400 e. The van der Waals surface area contributed by atoms with Crippen molar-refractivity contribution in [2.24, 2.45) is 5.10 Å². The first kappa shape index (κ1) is 19.1. The van der Waals surface area contributed by atoms with Gasteiger partial charge >= 0.3 is 5.88 Å². The van der Waals surface area contributed by atoms with E-state index in [1.165, 1.54) is 31.2 Å². The summed E-state index contributed by atoms with van der Waals surface area (Å²) < 4.78 is 5.06. The van der Waals surface area contributed by atoms with Crippen LogP contribution in [0.4, 0.5) is 23.7 Å². The number of nitrogens with one attached hydrogen (secondary N) is 1. The Bertz CT molecular complexity index is 835. The lowest BCUT2D eigenvalue weighted by atomic mass is 10.1. The van der Waals surface area contributed by atoms with Crippen molar-refractivity contribution in [3.63, 3.8) is 0 Å². The van der Waals surface area contributed by atoms with Gasteiger partial charge < -0.3 is 14.2 Å². The third kappa shape index (κ3) is 4.79. The third-order valence-corrected chi connectivity index (χ3v) is 5.04. The fourth-order valence-corrected chi connectivity index (χ4v) is 3.54. The van der Waals surface area contributed by atoms with E-state index < -0.39 is 4.92 Å². The predicted molar refractivity (Wildman–Crippen MR) is 109 cm³/mol. The zero-order valence-electron chi connectivity index (χ0n) is 16.2. The van der Waals surface area contributed by atoms with E-state index in [0.29, 0.717) is 17.8 Å². The molecule has 11 heteroatoms. The summed E-state index contributed by atoms with van der Waals surface area (Å²) in [5.74, 6) is 1.61. The van der Waals surface area contributed by atoms with Crippen LogP contribution < -0.4 is 15.2 Å². The van der Waals surface area contributed by atoms with Crippen LogP contribution in [0.2, 0.25) is 0 Å². The van der Waals surface area contributed by atoms with E-state index in [-0.39, 0.29) is 11.6 Å². The molecule has 0 atom stereocenters. The zero-order valence-corrected chi connectivity index (χ0v) is 16.2. The first-order valence-corrected chi connectivity index (χ1v) is 9.98. The number of rotatable bonds is 6. The smallest absolute Gasteiger partial charge is 0.400 e. The molecule has 0 amide bonds. The molecule has 11 nitrogen and oxygen atoms in total. The Morgan fingerprint density at radius 1 is 0.966 bits per heavy atom. The number of nitro groups is 1. The molecule has 2 aromatic heterocycles. The summed E-state index contributed by atoms with van der Waals surface area (Å²) in [6.45, 7) is 3.73. The maximum atomic E-state index is 10.7. The molecule has 4 heterocycles. The number of hydrazone groups is 1. The number of hydrogen-bond acceptors (Lipinski definition) is 10. The first-order chi connectivity index (χ1) is 14.2. The normalized spacial score (nSPS) is 17.7. The molecule has 2 aliphatic rings. The molecule has 2 saturated heterocycles. The Morgan fingerprint density at radius 3 is 2.07 bits per heavy atom. The van der Waals surface area contributed by atoms with Gasteiger partial charge in [-0.1, -0.05) is 0 Å². The van der Waals surface area contributed by atoms with E-state index in [0.717, 1.165) is 51.9 Å². The van der Waals surface area contributed by atoms with Crippen molar-refractivity contribution in [1.29, 1.82) is 0 Å². The SMILES string of the molecule is O=[N+]([O-])c1ccc(C=NNc2nc(N3CCCCC3)nc(N3CCCCC3)n2)o1. The molecule has 0 aliphatic carbocycles. The second-order valence-electron chi connectivity index (χ2n) is 7.16. The van der Waals surface area contributed by atoms with E-state index in [1.54, 1.807) is 0 Å². The summed E-state index contributed by atoms with van der Waals surface area (Å²) in [5.41, 5.74) is 2.81. The Kier molecular flexibility index (Phi) is 5.82. The average Bonchev–Trinajstić information content (AvgIpc) is 3.24. The molecular formula is C18H24N8O3. The van der Waals surface area contributed by atoms with E-state index in [1.807, 2.05) is 0 Å². The molecule has 0 unspecified atom stereocenters. The van der Waals surface area contributed by atoms with Crippen molar-refractivity contribution in [3.05, 3.63) is 28.0 Å². The van der Waals surface area contributed by atoms with Gasteiger partial charge in [0, 0.05) is 26.2 Å². The number of hydrogen-bond donors (Lipinski definition) is 1. The molecule has 0 bridgehead atoms. The van der Waals surface area contributed by atoms with Crippen LogP contribution in [0.1, 0.15) is 44.3 Å². The van der Waals surface area contributed by atoms with Crippen LogP contribution in [0.25, 0.3) is 0 Å². The van der Waals surface area contributed by atoms with Crippen molar-refractivity contribution in [2.75, 3.05) is 41.4 Å². The Hall–Kier alpha value is -3.24. The van der Waals surface area contributed by atoms with Crippen molar-refractivity contribution < 1.29 is 9.34 Å². The highest BCUT2D eigenvalue weighted by atomic mass is 16.6. The number of nitrogens with zero attached hydrogens (tertiary/aromatic N) is 7. The largest absolute Gasteiger partial charge is 0.433 e. The van der Waals surface area contributed by atoms with Gasteiger partial charge in [0.25, 0.3) is 0 Å². The van der Waals surface area contributed by atoms with Crippen molar-refractivity contribution in [3.8, 4) is 0 Å². The molecule has 0 saturated carbocycles. The van der Waals surface area contributed by atoms with Crippen LogP contribution in [0.5, 0.6) is 0 Å². The monoisotopic (exact) mass is 400 g/mol. The maximum absolute atomic E-state index is 10.7. The van der Waals surface area contributed by atoms with Gasteiger partial charge in [-0.15, -0.1) is 0 Å². The highest BCUT2D eigenvalue weighted by molar-refractivity contribution is 5.76. The van der Waals surface area contributed by atoms with Crippen molar-refractivity contribution in [1.82, 2.24) is 15.0 Å². The topological polar surface area (TPSA) is 126 Å². The summed E-state index contributed by atoms with van der Waals surface area (Å²) in [6, 6.07) is 2.77. The molecule has 29 heavy (non-hydrogen) atoms. The highest BCUT2D eigenvalue weighted by Crippen LogP contribution is 2.22. The lowest BCUT2D eigenvalue weighted by Crippen LogP contribution is -2.34. The minimum atomic E-state index is -0.591. The molecular weight excluding hydrogens is 376 g/mol. The number of aromatic nitrogens is 3. The van der Waals surface area contributed by atoms with Gasteiger partial charge in [0.1, 0.15) is 4.92 Å². The first-order valence-electron chi connectivity index (χ1n) is 9.98. The number of piperidine rings is 2. The molecule has 4 rings (SSSR count). The predicted octanol–water partition coefficient (Wildman–Crippen LogP) is 2.80. The molecule has 1 N–H and O–H groups in total. The Morgan fingerprint density at radius 2 is 1.55 bits per heavy atom. The van der Waals surface area contributed by atoms with Crippen molar-refractivity contribution >= 4 is 29.9 Å². The van der Waals surface area contributed by atoms with Crippen LogP contribution >= 0.6 is 0 Å². The van der Waals surface area contributed by atoms with Gasteiger partial charge in [0.05, 0.1) is 12.3 Å². The van der Waals surface area contributed by atoms with E-state index in [9.17, 15) is 10.1 Å². The van der Waals surface area contributed by atoms with E-state index in [2.05, 4.69) is 30.3 Å². The van der Waals surface area contributed by atoms with E-state index >= 15 is 0 Å². The van der Waals surface area contributed by atoms with Gasteiger partial charge in [0.2, 0.25) is 17.8 Å². The average molecular weight is 400 g/mol. The standard InChI is InChI=1S/C18H24N8O3/c27-26(28)15-8-7-14(29-15)13-19-23-16-20-17(24-9-3-1-4-10-24)22-18(21-16)25-11-5-2-6-12-25/h7-8,13H,1-6,9-12H2,(H,20,21,22,23). The molecule has 154 valence electrons. The number of furan rings is 1. The quantitative estimate of drug-likeness (QED) is 0.442. The van der Waals surface area contributed by atoms with Gasteiger partial charge in [0.15, 0.2) is 5.76 Å². The molecule has 0 spiro atoms. The van der Waals surface area contributed by atoms with Gasteiger partial charge in [-0.2, -0.15) is 20.1 Å². The Labute approximate surface area is 168 Å². The van der Waals surface area contributed by atoms with Crippen LogP contribution in [0, 0.1) is 10.1 Å². The minimum absolute atomic E-state index is 0.269. The van der Waals surface area contributed by atoms with E-state index in [4.69, 9.17) is 9.40 Å². The lowest BCUT2D eigenvalue weighted by molar-refractivity contribution is -0.402. The molecule has 2 fully saturated rings. The molecule has 2 aliphatic heterocycles. The fourth-order valence-electron chi connectivity index (χ4n) is 3.54. The van der Waals surface area contributed by atoms with Crippen LogP contribution in [0.15, 0.2) is 21.7 Å². The maximum Gasteiger partial charge on any atom is 0.433 e. The molecule has 0 aromatic carbocycles. The second kappa shape index (κ2) is 8.84. The van der Waals surface area contributed by atoms with Gasteiger partial charge in [-0.05, 0) is 44.6 Å². The van der Waals surface area contributed by atoms with Crippen LogP contribution in [-0.2, 0) is 0 Å². The number of anilines is 3. The summed E-state index contributed by atoms with van der Waals surface area (Å²) >= 11 is 0. The lowest BCUT2D eigenvalue weighted by Gasteiger charge is -2.30. The highest BCUT2D eigenvalue weighted by Gasteiger charge is 2.20. The van der Waals surface area contributed by atoms with Gasteiger partial charge in [-0.3, -0.25) is 10.1 Å². The zero-order chi connectivity index (χ0) is 20.1. The fraction of sp³-hybridized carbons (Fsp3) is 0.556. The summed E-state index contributed by atoms with van der Waals surface area (Å²) in [5, 5.41) is 14.8. The van der Waals surface area contributed by atoms with Gasteiger partial charge in [-0.25, -0.2) is 5.43 Å². The van der Waals surface area contributed by atoms with Crippen LogP contribution in [-0.4, -0.2) is 52.3 Å². The third-order valence-electron chi connectivity index (χ3n) is 5.04. The summed E-state index contributed by atoms with van der Waals surface area (Å²) in [6.07, 6.45) is 8.33. The van der Waals surface area contributed by atoms with Crippen LogP contribution in [0.3, 0.4) is 0 Å². The molecule has 2 aromatic rings.